The molecule has 1 aliphatic rings. The zero-order valence-corrected chi connectivity index (χ0v) is 12.0. The van der Waals surface area contributed by atoms with E-state index in [4.69, 9.17) is 4.74 Å². The molecule has 102 valence electrons. The fourth-order valence-corrected chi connectivity index (χ4v) is 3.59. The quantitative estimate of drug-likeness (QED) is 0.825. The van der Waals surface area contributed by atoms with Gasteiger partial charge in [0, 0.05) is 25.9 Å². The number of aromatic nitrogens is 2. The molecule has 0 bridgehead atoms. The number of aryl methyl sites for hydroxylation is 2. The minimum absolute atomic E-state index is 0.548. The van der Waals surface area contributed by atoms with Crippen molar-refractivity contribution in [1.29, 1.82) is 0 Å². The van der Waals surface area contributed by atoms with Crippen LogP contribution in [0.25, 0.3) is 0 Å². The lowest BCUT2D eigenvalue weighted by atomic mass is 10.0. The monoisotopic (exact) mass is 271 g/mol. The van der Waals surface area contributed by atoms with Crippen LogP contribution >= 0.6 is 11.8 Å². The molecule has 0 radical (unpaired) electrons. The van der Waals surface area contributed by atoms with E-state index >= 15 is 0 Å². The summed E-state index contributed by atoms with van der Waals surface area (Å²) in [5, 5.41) is 17.9. The van der Waals surface area contributed by atoms with E-state index < -0.39 is 5.60 Å². The maximum atomic E-state index is 10.2. The van der Waals surface area contributed by atoms with Crippen molar-refractivity contribution in [3.63, 3.8) is 0 Å². The molecular formula is C12H21N3O2S. The minimum Gasteiger partial charge on any atom is -0.481 e. The Morgan fingerprint density at radius 2 is 2.39 bits per heavy atom. The Morgan fingerprint density at radius 1 is 1.61 bits per heavy atom. The number of ether oxygens (including phenoxy) is 1. The molecule has 0 aliphatic carbocycles. The lowest BCUT2D eigenvalue weighted by Crippen LogP contribution is -2.40. The zero-order valence-electron chi connectivity index (χ0n) is 11.2. The van der Waals surface area contributed by atoms with E-state index in [2.05, 4.69) is 10.4 Å². The van der Waals surface area contributed by atoms with E-state index in [1.165, 1.54) is 0 Å². The summed E-state index contributed by atoms with van der Waals surface area (Å²) < 4.78 is 7.08. The molecule has 6 heteroatoms. The number of methoxy groups -OCH3 is 1. The molecule has 1 aromatic heterocycles. The Morgan fingerprint density at radius 3 is 3.00 bits per heavy atom. The predicted molar refractivity (Wildman–Crippen MR) is 73.1 cm³/mol. The molecule has 1 fully saturated rings. The number of thioether (sulfide) groups is 1. The van der Waals surface area contributed by atoms with Crippen molar-refractivity contribution in [3.05, 3.63) is 11.3 Å². The Balaban J connectivity index is 1.94. The smallest absolute Gasteiger partial charge is 0.216 e. The van der Waals surface area contributed by atoms with Crippen LogP contribution in [0.15, 0.2) is 0 Å². The molecule has 0 saturated carbocycles. The molecule has 1 saturated heterocycles. The third kappa shape index (κ3) is 2.81. The van der Waals surface area contributed by atoms with Crippen molar-refractivity contribution in [2.24, 2.45) is 7.05 Å². The number of nitrogens with one attached hydrogen (secondary N) is 1. The van der Waals surface area contributed by atoms with Gasteiger partial charge in [-0.1, -0.05) is 0 Å². The number of rotatable bonds is 5. The summed E-state index contributed by atoms with van der Waals surface area (Å²) in [7, 11) is 3.53. The predicted octanol–water partition coefficient (Wildman–Crippen LogP) is 0.695. The van der Waals surface area contributed by atoms with Gasteiger partial charge < -0.3 is 15.2 Å². The summed E-state index contributed by atoms with van der Waals surface area (Å²) in [6.45, 7) is 3.27. The van der Waals surface area contributed by atoms with Crippen molar-refractivity contribution in [2.75, 3.05) is 25.2 Å². The minimum atomic E-state index is -0.548. The van der Waals surface area contributed by atoms with Crippen LogP contribution in [-0.2, 0) is 13.6 Å². The largest absolute Gasteiger partial charge is 0.481 e. The van der Waals surface area contributed by atoms with Crippen LogP contribution in [0.5, 0.6) is 5.88 Å². The van der Waals surface area contributed by atoms with Crippen LogP contribution in [0.3, 0.4) is 0 Å². The maximum Gasteiger partial charge on any atom is 0.216 e. The second kappa shape index (κ2) is 5.50. The molecule has 1 aliphatic heterocycles. The first-order chi connectivity index (χ1) is 8.56. The number of aliphatic hydroxyl groups is 1. The van der Waals surface area contributed by atoms with E-state index in [1.807, 2.05) is 25.7 Å². The van der Waals surface area contributed by atoms with Crippen molar-refractivity contribution in [1.82, 2.24) is 15.1 Å². The highest BCUT2D eigenvalue weighted by molar-refractivity contribution is 7.99. The fraction of sp³-hybridized carbons (Fsp3) is 0.750. The Hall–Kier alpha value is -0.720. The first-order valence-electron chi connectivity index (χ1n) is 6.13. The molecule has 2 heterocycles. The molecule has 0 amide bonds. The third-order valence-electron chi connectivity index (χ3n) is 3.32. The average molecular weight is 271 g/mol. The molecule has 1 unspecified atom stereocenters. The van der Waals surface area contributed by atoms with Gasteiger partial charge in [0.05, 0.1) is 24.0 Å². The first-order valence-corrected chi connectivity index (χ1v) is 7.28. The SMILES string of the molecule is COc1c(CNCC2(O)CCSC2)c(C)nn1C. The standard InChI is InChI=1S/C12H21N3O2S/c1-9-10(11(17-3)15(2)14-9)6-13-7-12(16)4-5-18-8-12/h13,16H,4-8H2,1-3H3. The molecule has 5 nitrogen and oxygen atoms in total. The third-order valence-corrected chi connectivity index (χ3v) is 4.55. The van der Waals surface area contributed by atoms with Gasteiger partial charge in [0.1, 0.15) is 0 Å². The van der Waals surface area contributed by atoms with E-state index in [-0.39, 0.29) is 0 Å². The van der Waals surface area contributed by atoms with Gasteiger partial charge in [0.2, 0.25) is 5.88 Å². The van der Waals surface area contributed by atoms with Crippen LogP contribution in [0.2, 0.25) is 0 Å². The summed E-state index contributed by atoms with van der Waals surface area (Å²) in [6.07, 6.45) is 0.869. The highest BCUT2D eigenvalue weighted by Gasteiger charge is 2.31. The molecule has 18 heavy (non-hydrogen) atoms. The van der Waals surface area contributed by atoms with Gasteiger partial charge in [0.15, 0.2) is 0 Å². The van der Waals surface area contributed by atoms with Gasteiger partial charge in [-0.3, -0.25) is 0 Å². The van der Waals surface area contributed by atoms with Gasteiger partial charge >= 0.3 is 0 Å². The molecule has 1 atom stereocenters. The second-order valence-electron chi connectivity index (χ2n) is 4.83. The van der Waals surface area contributed by atoms with Crippen LogP contribution in [0.1, 0.15) is 17.7 Å². The van der Waals surface area contributed by atoms with E-state index in [9.17, 15) is 5.11 Å². The Kier molecular flexibility index (Phi) is 4.19. The summed E-state index contributed by atoms with van der Waals surface area (Å²) in [5.41, 5.74) is 1.48. The Labute approximate surface area is 112 Å². The van der Waals surface area contributed by atoms with Gasteiger partial charge in [-0.05, 0) is 19.1 Å². The van der Waals surface area contributed by atoms with Gasteiger partial charge in [-0.15, -0.1) is 0 Å². The maximum absolute atomic E-state index is 10.2. The summed E-state index contributed by atoms with van der Waals surface area (Å²) in [4.78, 5) is 0. The lowest BCUT2D eigenvalue weighted by Gasteiger charge is -2.21. The van der Waals surface area contributed by atoms with Crippen LogP contribution in [0, 0.1) is 6.92 Å². The van der Waals surface area contributed by atoms with Crippen LogP contribution < -0.4 is 10.1 Å². The normalized spacial score (nSPS) is 23.6. The molecule has 2 N–H and O–H groups in total. The average Bonchev–Trinajstić information content (AvgIpc) is 2.85. The molecular weight excluding hydrogens is 250 g/mol. The number of hydrogen-bond acceptors (Lipinski definition) is 5. The van der Waals surface area contributed by atoms with Crippen molar-refractivity contribution in [3.8, 4) is 5.88 Å². The summed E-state index contributed by atoms with van der Waals surface area (Å²) >= 11 is 1.81. The summed E-state index contributed by atoms with van der Waals surface area (Å²) in [5.74, 6) is 2.66. The molecule has 2 rings (SSSR count). The van der Waals surface area contributed by atoms with E-state index in [1.54, 1.807) is 11.8 Å². The number of nitrogens with zero attached hydrogens (tertiary/aromatic N) is 2. The highest BCUT2D eigenvalue weighted by Crippen LogP contribution is 2.27. The van der Waals surface area contributed by atoms with E-state index in [0.717, 1.165) is 35.1 Å². The van der Waals surface area contributed by atoms with Gasteiger partial charge in [0.25, 0.3) is 0 Å². The van der Waals surface area contributed by atoms with Gasteiger partial charge in [-0.25, -0.2) is 4.68 Å². The van der Waals surface area contributed by atoms with Crippen molar-refractivity contribution >= 4 is 11.8 Å². The van der Waals surface area contributed by atoms with Gasteiger partial charge in [-0.2, -0.15) is 16.9 Å². The zero-order chi connectivity index (χ0) is 13.2. The number of hydrogen-bond donors (Lipinski definition) is 2. The van der Waals surface area contributed by atoms with Crippen molar-refractivity contribution < 1.29 is 9.84 Å². The topological polar surface area (TPSA) is 59.3 Å². The van der Waals surface area contributed by atoms with E-state index in [0.29, 0.717) is 13.1 Å². The van der Waals surface area contributed by atoms with Crippen molar-refractivity contribution in [2.45, 2.75) is 25.5 Å². The molecule has 0 aromatic carbocycles. The molecule has 1 aromatic rings. The summed E-state index contributed by atoms with van der Waals surface area (Å²) in [6, 6.07) is 0. The lowest BCUT2D eigenvalue weighted by molar-refractivity contribution is 0.0674. The van der Waals surface area contributed by atoms with Crippen LogP contribution in [-0.4, -0.2) is 45.6 Å². The highest BCUT2D eigenvalue weighted by atomic mass is 32.2. The second-order valence-corrected chi connectivity index (χ2v) is 5.93. The van der Waals surface area contributed by atoms with Crippen LogP contribution in [0.4, 0.5) is 0 Å². The fourth-order valence-electron chi connectivity index (χ4n) is 2.30. The first kappa shape index (κ1) is 13.7. The molecule has 0 spiro atoms. The Bertz CT molecular complexity index is 414.